The van der Waals surface area contributed by atoms with E-state index >= 15 is 0 Å². The van der Waals surface area contributed by atoms with Crippen LogP contribution in [0.25, 0.3) is 0 Å². The van der Waals surface area contributed by atoms with Crippen molar-refractivity contribution in [2.75, 3.05) is 26.3 Å². The Morgan fingerprint density at radius 1 is 1.41 bits per heavy atom. The normalized spacial score (nSPS) is 21.7. The van der Waals surface area contributed by atoms with Gasteiger partial charge in [-0.2, -0.15) is 0 Å². The van der Waals surface area contributed by atoms with Gasteiger partial charge in [-0.3, -0.25) is 4.90 Å². The van der Waals surface area contributed by atoms with Crippen molar-refractivity contribution in [2.24, 2.45) is 5.73 Å². The van der Waals surface area contributed by atoms with Crippen LogP contribution in [0.1, 0.15) is 16.7 Å². The van der Waals surface area contributed by atoms with E-state index in [1.165, 1.54) is 16.7 Å². The van der Waals surface area contributed by atoms with Gasteiger partial charge in [-0.15, -0.1) is 0 Å². The Morgan fingerprint density at radius 2 is 2.24 bits per heavy atom. The molecular weight excluding hydrogens is 212 g/mol. The monoisotopic (exact) mass is 234 g/mol. The van der Waals surface area contributed by atoms with Crippen molar-refractivity contribution in [1.29, 1.82) is 0 Å². The second kappa shape index (κ2) is 5.63. The lowest BCUT2D eigenvalue weighted by Gasteiger charge is -2.35. The number of aryl methyl sites for hydroxylation is 2. The molecule has 1 aliphatic heterocycles. The summed E-state index contributed by atoms with van der Waals surface area (Å²) in [7, 11) is 0. The van der Waals surface area contributed by atoms with E-state index in [1.807, 2.05) is 0 Å². The molecule has 0 spiro atoms. The first-order valence-corrected chi connectivity index (χ1v) is 6.28. The molecule has 1 heterocycles. The molecule has 3 nitrogen and oxygen atoms in total. The standard InChI is InChI=1S/C14H22N2O/c1-11-3-4-13(12(2)7-11)9-16-5-6-17-10-14(16)8-15/h3-4,7,14H,5-6,8-10,15H2,1-2H3. The molecule has 1 saturated heterocycles. The minimum absolute atomic E-state index is 0.365. The number of nitrogens with two attached hydrogens (primary N) is 1. The third-order valence-electron chi connectivity index (χ3n) is 3.49. The van der Waals surface area contributed by atoms with Gasteiger partial charge in [0.15, 0.2) is 0 Å². The smallest absolute Gasteiger partial charge is 0.0634 e. The maximum absolute atomic E-state index is 5.79. The summed E-state index contributed by atoms with van der Waals surface area (Å²) in [5.74, 6) is 0. The molecule has 2 N–H and O–H groups in total. The molecule has 0 radical (unpaired) electrons. The van der Waals surface area contributed by atoms with Crippen LogP contribution >= 0.6 is 0 Å². The van der Waals surface area contributed by atoms with Crippen molar-refractivity contribution in [1.82, 2.24) is 4.90 Å². The topological polar surface area (TPSA) is 38.5 Å². The molecule has 1 atom stereocenters. The molecule has 3 heteroatoms. The number of ether oxygens (including phenoxy) is 1. The van der Waals surface area contributed by atoms with E-state index in [4.69, 9.17) is 10.5 Å². The predicted octanol–water partition coefficient (Wildman–Crippen LogP) is 1.46. The quantitative estimate of drug-likeness (QED) is 0.860. The number of benzene rings is 1. The lowest BCUT2D eigenvalue weighted by Crippen LogP contribution is -2.48. The van der Waals surface area contributed by atoms with E-state index in [0.29, 0.717) is 12.6 Å². The molecule has 2 rings (SSSR count). The highest BCUT2D eigenvalue weighted by Crippen LogP contribution is 2.16. The Labute approximate surface area is 104 Å². The average Bonchev–Trinajstić information content (AvgIpc) is 2.33. The van der Waals surface area contributed by atoms with Gasteiger partial charge in [0.2, 0.25) is 0 Å². The highest BCUT2D eigenvalue weighted by atomic mass is 16.5. The second-order valence-corrected chi connectivity index (χ2v) is 4.86. The lowest BCUT2D eigenvalue weighted by atomic mass is 10.0. The summed E-state index contributed by atoms with van der Waals surface area (Å²) in [4.78, 5) is 2.43. The molecule has 0 saturated carbocycles. The van der Waals surface area contributed by atoms with Crippen molar-refractivity contribution < 1.29 is 4.74 Å². The summed E-state index contributed by atoms with van der Waals surface area (Å²) in [5.41, 5.74) is 9.88. The number of hydrogen-bond donors (Lipinski definition) is 1. The number of morpholine rings is 1. The molecular formula is C14H22N2O. The fourth-order valence-electron chi connectivity index (χ4n) is 2.36. The van der Waals surface area contributed by atoms with Gasteiger partial charge < -0.3 is 10.5 Å². The number of rotatable bonds is 3. The van der Waals surface area contributed by atoms with Crippen LogP contribution < -0.4 is 5.73 Å². The van der Waals surface area contributed by atoms with E-state index in [1.54, 1.807) is 0 Å². The van der Waals surface area contributed by atoms with Gasteiger partial charge >= 0.3 is 0 Å². The molecule has 17 heavy (non-hydrogen) atoms. The molecule has 94 valence electrons. The van der Waals surface area contributed by atoms with Crippen molar-refractivity contribution in [3.05, 3.63) is 34.9 Å². The van der Waals surface area contributed by atoms with Crippen molar-refractivity contribution in [2.45, 2.75) is 26.4 Å². The van der Waals surface area contributed by atoms with Gasteiger partial charge in [-0.25, -0.2) is 0 Å². The van der Waals surface area contributed by atoms with E-state index in [0.717, 1.165) is 26.3 Å². The maximum Gasteiger partial charge on any atom is 0.0634 e. The summed E-state index contributed by atoms with van der Waals surface area (Å²) < 4.78 is 5.47. The van der Waals surface area contributed by atoms with Crippen molar-refractivity contribution in [3.8, 4) is 0 Å². The zero-order valence-corrected chi connectivity index (χ0v) is 10.8. The van der Waals surface area contributed by atoms with Crippen LogP contribution in [0.3, 0.4) is 0 Å². The Hall–Kier alpha value is -0.900. The molecule has 0 aromatic heterocycles. The maximum atomic E-state index is 5.79. The van der Waals surface area contributed by atoms with Crippen LogP contribution in [-0.4, -0.2) is 37.2 Å². The van der Waals surface area contributed by atoms with Crippen LogP contribution in [0.5, 0.6) is 0 Å². The van der Waals surface area contributed by atoms with E-state index < -0.39 is 0 Å². The summed E-state index contributed by atoms with van der Waals surface area (Å²) in [6, 6.07) is 7.02. The Balaban J connectivity index is 2.08. The highest BCUT2D eigenvalue weighted by Gasteiger charge is 2.21. The van der Waals surface area contributed by atoms with Gasteiger partial charge in [0.25, 0.3) is 0 Å². The summed E-state index contributed by atoms with van der Waals surface area (Å²) >= 11 is 0. The average molecular weight is 234 g/mol. The summed E-state index contributed by atoms with van der Waals surface area (Å²) in [6.45, 7) is 8.54. The minimum Gasteiger partial charge on any atom is -0.378 e. The largest absolute Gasteiger partial charge is 0.378 e. The third kappa shape index (κ3) is 3.06. The summed E-state index contributed by atoms with van der Waals surface area (Å²) in [5, 5.41) is 0. The highest BCUT2D eigenvalue weighted by molar-refractivity contribution is 5.30. The Bertz CT molecular complexity index is 378. The van der Waals surface area contributed by atoms with Gasteiger partial charge in [0.1, 0.15) is 0 Å². The van der Waals surface area contributed by atoms with Crippen molar-refractivity contribution >= 4 is 0 Å². The molecule has 1 aliphatic rings. The molecule has 1 fully saturated rings. The molecule has 1 unspecified atom stereocenters. The van der Waals surface area contributed by atoms with Gasteiger partial charge in [-0.05, 0) is 25.0 Å². The Morgan fingerprint density at radius 3 is 2.94 bits per heavy atom. The van der Waals surface area contributed by atoms with Crippen molar-refractivity contribution in [3.63, 3.8) is 0 Å². The zero-order valence-electron chi connectivity index (χ0n) is 10.8. The fraction of sp³-hybridized carbons (Fsp3) is 0.571. The zero-order chi connectivity index (χ0) is 12.3. The number of nitrogens with zero attached hydrogens (tertiary/aromatic N) is 1. The van der Waals surface area contributed by atoms with Gasteiger partial charge in [0.05, 0.1) is 13.2 Å². The molecule has 0 amide bonds. The van der Waals surface area contributed by atoms with Gasteiger partial charge in [0, 0.05) is 25.7 Å². The molecule has 0 bridgehead atoms. The number of hydrogen-bond acceptors (Lipinski definition) is 3. The first-order valence-electron chi connectivity index (χ1n) is 6.28. The first kappa shape index (κ1) is 12.6. The molecule has 0 aliphatic carbocycles. The molecule has 1 aromatic carbocycles. The minimum atomic E-state index is 0.365. The van der Waals surface area contributed by atoms with E-state index in [-0.39, 0.29) is 0 Å². The van der Waals surface area contributed by atoms with Crippen LogP contribution in [0.4, 0.5) is 0 Å². The Kier molecular flexibility index (Phi) is 4.15. The van der Waals surface area contributed by atoms with Crippen LogP contribution in [0.2, 0.25) is 0 Å². The van der Waals surface area contributed by atoms with Crippen LogP contribution in [0.15, 0.2) is 18.2 Å². The van der Waals surface area contributed by atoms with E-state index in [2.05, 4.69) is 36.9 Å². The first-order chi connectivity index (χ1) is 8.20. The molecule has 1 aromatic rings. The SMILES string of the molecule is Cc1ccc(CN2CCOCC2CN)c(C)c1. The van der Waals surface area contributed by atoms with Crippen LogP contribution in [-0.2, 0) is 11.3 Å². The lowest BCUT2D eigenvalue weighted by molar-refractivity contribution is -0.00800. The van der Waals surface area contributed by atoms with E-state index in [9.17, 15) is 0 Å². The fourth-order valence-corrected chi connectivity index (χ4v) is 2.36. The predicted molar refractivity (Wildman–Crippen MR) is 70.0 cm³/mol. The summed E-state index contributed by atoms with van der Waals surface area (Å²) in [6.07, 6.45) is 0. The van der Waals surface area contributed by atoms with Gasteiger partial charge in [-0.1, -0.05) is 23.8 Å². The second-order valence-electron chi connectivity index (χ2n) is 4.86. The third-order valence-corrected chi connectivity index (χ3v) is 3.49. The van der Waals surface area contributed by atoms with Crippen LogP contribution in [0, 0.1) is 13.8 Å².